The van der Waals surface area contributed by atoms with E-state index in [2.05, 4.69) is 0 Å². The van der Waals surface area contributed by atoms with Crippen LogP contribution in [0.4, 0.5) is 0 Å². The number of halogens is 2. The Morgan fingerprint density at radius 3 is 1.60 bits per heavy atom. The van der Waals surface area contributed by atoms with E-state index in [0.29, 0.717) is 0 Å². The number of sulfone groups is 1. The minimum absolute atomic E-state index is 0. The number of hydrogen-bond donors (Lipinski definition) is 1. The largest absolute Gasteiger partial charge is 0.324 e. The van der Waals surface area contributed by atoms with E-state index in [9.17, 15) is 8.42 Å². The molecule has 2 N–H and O–H groups in total. The van der Waals surface area contributed by atoms with Gasteiger partial charge < -0.3 is 5.73 Å². The molecule has 1 saturated heterocycles. The lowest BCUT2D eigenvalue weighted by Gasteiger charge is -2.33. The van der Waals surface area contributed by atoms with E-state index in [1.165, 1.54) is 0 Å². The van der Waals surface area contributed by atoms with Crippen LogP contribution < -0.4 is 5.73 Å². The van der Waals surface area contributed by atoms with Crippen LogP contribution in [0, 0.1) is 0 Å². The van der Waals surface area contributed by atoms with Gasteiger partial charge in [-0.3, -0.25) is 0 Å². The molecule has 64 valence electrons. The molecular weight excluding hydrogens is 197 g/mol. The minimum atomic E-state index is -2.71. The summed E-state index contributed by atoms with van der Waals surface area (Å²) in [6, 6.07) is 0. The van der Waals surface area contributed by atoms with Gasteiger partial charge in [-0.2, -0.15) is 0 Å². The molecular formula is C4H11Cl2NO2S. The van der Waals surface area contributed by atoms with Gasteiger partial charge in [-0.05, 0) is 6.92 Å². The summed E-state index contributed by atoms with van der Waals surface area (Å²) in [5.74, 6) is 0.306. The van der Waals surface area contributed by atoms with Crippen molar-refractivity contribution in [3.05, 3.63) is 0 Å². The zero-order valence-electron chi connectivity index (χ0n) is 5.53. The molecule has 6 heteroatoms. The van der Waals surface area contributed by atoms with Crippen LogP contribution in [0.2, 0.25) is 0 Å². The molecule has 1 fully saturated rings. The molecule has 0 bridgehead atoms. The summed E-state index contributed by atoms with van der Waals surface area (Å²) in [5.41, 5.74) is 4.99. The van der Waals surface area contributed by atoms with Crippen molar-refractivity contribution in [3.8, 4) is 0 Å². The topological polar surface area (TPSA) is 60.2 Å². The monoisotopic (exact) mass is 207 g/mol. The number of hydrogen-bond acceptors (Lipinski definition) is 3. The van der Waals surface area contributed by atoms with E-state index in [1.807, 2.05) is 0 Å². The van der Waals surface area contributed by atoms with Gasteiger partial charge >= 0.3 is 0 Å². The average molecular weight is 208 g/mol. The van der Waals surface area contributed by atoms with Gasteiger partial charge in [-0.25, -0.2) is 8.42 Å². The zero-order valence-corrected chi connectivity index (χ0v) is 7.98. The predicted molar refractivity (Wildman–Crippen MR) is 45.7 cm³/mol. The van der Waals surface area contributed by atoms with E-state index in [-0.39, 0.29) is 36.3 Å². The second kappa shape index (κ2) is 3.26. The molecule has 0 spiro atoms. The molecule has 0 unspecified atom stereocenters. The van der Waals surface area contributed by atoms with Gasteiger partial charge in [0.1, 0.15) is 0 Å². The van der Waals surface area contributed by atoms with Gasteiger partial charge in [-0.1, -0.05) is 0 Å². The molecule has 0 aromatic carbocycles. The van der Waals surface area contributed by atoms with Crippen LogP contribution in [0.5, 0.6) is 0 Å². The molecule has 1 heterocycles. The summed E-state index contributed by atoms with van der Waals surface area (Å²) in [6.45, 7) is 1.74. The van der Waals surface area contributed by atoms with Gasteiger partial charge in [0.15, 0.2) is 9.84 Å². The van der Waals surface area contributed by atoms with Crippen molar-refractivity contribution in [2.45, 2.75) is 12.5 Å². The van der Waals surface area contributed by atoms with Crippen molar-refractivity contribution < 1.29 is 8.42 Å². The number of nitrogens with two attached hydrogens (primary N) is 1. The van der Waals surface area contributed by atoms with Crippen molar-refractivity contribution in [2.75, 3.05) is 11.5 Å². The minimum Gasteiger partial charge on any atom is -0.324 e. The fraction of sp³-hybridized carbons (Fsp3) is 1.00. The first-order valence-corrected chi connectivity index (χ1v) is 4.23. The molecule has 0 aromatic rings. The van der Waals surface area contributed by atoms with Crippen molar-refractivity contribution in [1.29, 1.82) is 0 Å². The van der Waals surface area contributed by atoms with Gasteiger partial charge in [0.25, 0.3) is 0 Å². The summed E-state index contributed by atoms with van der Waals surface area (Å²) < 4.78 is 20.8. The van der Waals surface area contributed by atoms with E-state index in [1.54, 1.807) is 6.92 Å². The second-order valence-corrected chi connectivity index (χ2v) is 4.75. The lowest BCUT2D eigenvalue weighted by atomic mass is 10.1. The molecule has 3 nitrogen and oxygen atoms in total. The molecule has 0 aliphatic carbocycles. The standard InChI is InChI=1S/C4H9NO2S.2ClH/c1-4(5)2-8(6,7)3-4;;/h2-3,5H2,1H3;2*1H. The lowest BCUT2D eigenvalue weighted by molar-refractivity contribution is 0.489. The van der Waals surface area contributed by atoms with Crippen LogP contribution in [0.25, 0.3) is 0 Å². The lowest BCUT2D eigenvalue weighted by Crippen LogP contribution is -2.59. The van der Waals surface area contributed by atoms with Crippen LogP contribution >= 0.6 is 24.8 Å². The normalized spacial score (nSPS) is 25.0. The Morgan fingerprint density at radius 2 is 1.60 bits per heavy atom. The summed E-state index contributed by atoms with van der Waals surface area (Å²) in [7, 11) is -2.71. The first kappa shape index (κ1) is 13.1. The highest BCUT2D eigenvalue weighted by molar-refractivity contribution is 7.93. The maximum Gasteiger partial charge on any atom is 0.153 e. The SMILES string of the molecule is CC1(N)CS(=O)(=O)C1.Cl.Cl. The summed E-state index contributed by atoms with van der Waals surface area (Å²) in [4.78, 5) is 0. The Bertz CT molecular complexity index is 185. The van der Waals surface area contributed by atoms with E-state index in [4.69, 9.17) is 5.73 Å². The second-order valence-electron chi connectivity index (χ2n) is 2.69. The van der Waals surface area contributed by atoms with Crippen molar-refractivity contribution in [2.24, 2.45) is 5.73 Å². The Balaban J connectivity index is 0. The third-order valence-corrected chi connectivity index (χ3v) is 3.30. The van der Waals surface area contributed by atoms with Crippen molar-refractivity contribution in [1.82, 2.24) is 0 Å². The van der Waals surface area contributed by atoms with E-state index in [0.717, 1.165) is 0 Å². The molecule has 0 aromatic heterocycles. The third kappa shape index (κ3) is 3.05. The molecule has 0 atom stereocenters. The maximum atomic E-state index is 10.4. The van der Waals surface area contributed by atoms with E-state index >= 15 is 0 Å². The smallest absolute Gasteiger partial charge is 0.153 e. The number of rotatable bonds is 0. The molecule has 0 saturated carbocycles. The van der Waals surface area contributed by atoms with Gasteiger partial charge in [0, 0.05) is 5.54 Å². The fourth-order valence-corrected chi connectivity index (χ4v) is 2.89. The highest BCUT2D eigenvalue weighted by Crippen LogP contribution is 2.18. The summed E-state index contributed by atoms with van der Waals surface area (Å²) in [5, 5.41) is 0. The maximum absolute atomic E-state index is 10.4. The first-order valence-electron chi connectivity index (χ1n) is 2.41. The molecule has 10 heavy (non-hydrogen) atoms. The van der Waals surface area contributed by atoms with Crippen molar-refractivity contribution in [3.63, 3.8) is 0 Å². The van der Waals surface area contributed by atoms with Crippen LogP contribution in [0.1, 0.15) is 6.92 Å². The molecule has 1 rings (SSSR count). The zero-order chi connectivity index (χ0) is 6.41. The predicted octanol–water partition coefficient (Wildman–Crippen LogP) is -0.0242. The van der Waals surface area contributed by atoms with Crippen molar-refractivity contribution >= 4 is 34.7 Å². The van der Waals surface area contributed by atoms with Crippen LogP contribution in [-0.4, -0.2) is 25.5 Å². The summed E-state index contributed by atoms with van der Waals surface area (Å²) in [6.07, 6.45) is 0. The molecule has 0 radical (unpaired) electrons. The summed E-state index contributed by atoms with van der Waals surface area (Å²) >= 11 is 0. The Morgan fingerprint density at radius 1 is 1.30 bits per heavy atom. The van der Waals surface area contributed by atoms with Gasteiger partial charge in [0.05, 0.1) is 11.5 Å². The van der Waals surface area contributed by atoms with Crippen LogP contribution in [0.3, 0.4) is 0 Å². The van der Waals surface area contributed by atoms with E-state index < -0.39 is 15.4 Å². The van der Waals surface area contributed by atoms with Crippen LogP contribution in [0.15, 0.2) is 0 Å². The molecule has 1 aliphatic rings. The Kier molecular flexibility index (Phi) is 4.27. The Labute approximate surface area is 73.1 Å². The Hall–Kier alpha value is 0.490. The average Bonchev–Trinajstić information content (AvgIpc) is 1.20. The molecule has 0 amide bonds. The third-order valence-electron chi connectivity index (χ3n) is 1.10. The highest BCUT2D eigenvalue weighted by atomic mass is 35.5. The first-order chi connectivity index (χ1) is 3.41. The fourth-order valence-electron chi connectivity index (χ4n) is 0.962. The quantitative estimate of drug-likeness (QED) is 0.608. The van der Waals surface area contributed by atoms with Crippen LogP contribution in [-0.2, 0) is 9.84 Å². The van der Waals surface area contributed by atoms with Gasteiger partial charge in [0.2, 0.25) is 0 Å². The highest BCUT2D eigenvalue weighted by Gasteiger charge is 2.40. The molecule has 1 aliphatic heterocycles. The van der Waals surface area contributed by atoms with Gasteiger partial charge in [-0.15, -0.1) is 24.8 Å².